The third kappa shape index (κ3) is 3.40. The van der Waals surface area contributed by atoms with E-state index in [1.165, 1.54) is 11.6 Å². The average molecular weight is 369 g/mol. The third-order valence-electron chi connectivity index (χ3n) is 2.78. The van der Waals surface area contributed by atoms with Crippen molar-refractivity contribution in [3.8, 4) is 0 Å². The van der Waals surface area contributed by atoms with E-state index < -0.39 is 4.92 Å². The number of aryl methyl sites for hydroxylation is 1. The maximum atomic E-state index is 10.7. The number of nitrogens with zero attached hydrogens (tertiary/aromatic N) is 2. The molecule has 1 aromatic heterocycles. The van der Waals surface area contributed by atoms with Crippen LogP contribution in [0.15, 0.2) is 36.7 Å². The van der Waals surface area contributed by atoms with Gasteiger partial charge in [-0.25, -0.2) is 0 Å². The van der Waals surface area contributed by atoms with E-state index >= 15 is 0 Å². The first-order valence-corrected chi connectivity index (χ1v) is 6.73. The van der Waals surface area contributed by atoms with Crippen molar-refractivity contribution in [1.29, 1.82) is 0 Å². The van der Waals surface area contributed by atoms with Gasteiger partial charge in [0.25, 0.3) is 5.69 Å². The minimum absolute atomic E-state index is 0.104. The van der Waals surface area contributed by atoms with Crippen molar-refractivity contribution in [3.63, 3.8) is 0 Å². The highest BCUT2D eigenvalue weighted by Crippen LogP contribution is 2.24. The van der Waals surface area contributed by atoms with Crippen molar-refractivity contribution in [3.05, 3.63) is 61.5 Å². The van der Waals surface area contributed by atoms with Crippen LogP contribution < -0.4 is 5.32 Å². The van der Waals surface area contributed by atoms with Crippen molar-refractivity contribution >= 4 is 34.0 Å². The summed E-state index contributed by atoms with van der Waals surface area (Å²) in [7, 11) is 0. The predicted molar refractivity (Wildman–Crippen MR) is 82.1 cm³/mol. The fraction of sp³-hybridized carbons (Fsp3) is 0.154. The van der Waals surface area contributed by atoms with Gasteiger partial charge in [-0.15, -0.1) is 0 Å². The molecule has 0 radical (unpaired) electrons. The Bertz CT molecular complexity index is 617. The molecule has 0 aliphatic carbocycles. The van der Waals surface area contributed by atoms with Gasteiger partial charge in [-0.05, 0) is 52.8 Å². The van der Waals surface area contributed by atoms with Gasteiger partial charge in [-0.2, -0.15) is 0 Å². The summed E-state index contributed by atoms with van der Waals surface area (Å²) < 4.78 is 0.827. The number of nitro groups is 1. The van der Waals surface area contributed by atoms with Gasteiger partial charge in [-0.1, -0.05) is 0 Å². The molecular formula is C13H12IN3O2. The smallest absolute Gasteiger partial charge is 0.270 e. The first-order valence-electron chi connectivity index (χ1n) is 5.65. The molecule has 0 aliphatic rings. The summed E-state index contributed by atoms with van der Waals surface area (Å²) in [6, 6.07) is 6.74. The monoisotopic (exact) mass is 369 g/mol. The molecule has 0 saturated heterocycles. The zero-order valence-electron chi connectivity index (χ0n) is 10.3. The Kier molecular flexibility index (Phi) is 4.31. The lowest BCUT2D eigenvalue weighted by Crippen LogP contribution is -2.03. The van der Waals surface area contributed by atoms with Crippen LogP contribution >= 0.6 is 22.6 Å². The second-order valence-electron chi connectivity index (χ2n) is 4.08. The van der Waals surface area contributed by atoms with Crippen LogP contribution in [0.4, 0.5) is 11.4 Å². The van der Waals surface area contributed by atoms with Crippen LogP contribution in [0.1, 0.15) is 11.1 Å². The zero-order chi connectivity index (χ0) is 13.8. The van der Waals surface area contributed by atoms with E-state index in [-0.39, 0.29) is 5.69 Å². The van der Waals surface area contributed by atoms with Crippen molar-refractivity contribution < 1.29 is 4.92 Å². The Labute approximate surface area is 124 Å². The molecule has 1 heterocycles. The molecule has 0 bridgehead atoms. The van der Waals surface area contributed by atoms with Crippen molar-refractivity contribution in [1.82, 2.24) is 4.98 Å². The Morgan fingerprint density at radius 3 is 2.84 bits per heavy atom. The Hall–Kier alpha value is -1.70. The standard InChI is InChI=1S/C13H12IN3O2/c1-9-4-5-15-7-10(9)8-16-13-3-2-11(17(18)19)6-12(13)14/h2-7,16H,8H2,1H3. The largest absolute Gasteiger partial charge is 0.380 e. The lowest BCUT2D eigenvalue weighted by atomic mass is 10.1. The van der Waals surface area contributed by atoms with Crippen LogP contribution in [0.2, 0.25) is 0 Å². The average Bonchev–Trinajstić information content (AvgIpc) is 2.39. The molecule has 0 saturated carbocycles. The summed E-state index contributed by atoms with van der Waals surface area (Å²) in [5.74, 6) is 0. The number of benzene rings is 1. The maximum absolute atomic E-state index is 10.7. The SMILES string of the molecule is Cc1ccncc1CNc1ccc([N+](=O)[O-])cc1I. The van der Waals surface area contributed by atoms with E-state index in [1.54, 1.807) is 18.3 Å². The van der Waals surface area contributed by atoms with Gasteiger partial charge < -0.3 is 5.32 Å². The first-order chi connectivity index (χ1) is 9.08. The fourth-order valence-electron chi connectivity index (χ4n) is 1.63. The van der Waals surface area contributed by atoms with Gasteiger partial charge in [-0.3, -0.25) is 15.1 Å². The summed E-state index contributed by atoms with van der Waals surface area (Å²) in [5, 5.41) is 13.9. The number of pyridine rings is 1. The first kappa shape index (κ1) is 13.7. The predicted octanol–water partition coefficient (Wildman–Crippen LogP) is 3.51. The molecule has 2 aromatic rings. The summed E-state index contributed by atoms with van der Waals surface area (Å²) >= 11 is 2.09. The second kappa shape index (κ2) is 5.96. The Morgan fingerprint density at radius 2 is 2.21 bits per heavy atom. The zero-order valence-corrected chi connectivity index (χ0v) is 12.4. The van der Waals surface area contributed by atoms with E-state index in [0.717, 1.165) is 14.8 Å². The van der Waals surface area contributed by atoms with E-state index in [2.05, 4.69) is 32.9 Å². The Balaban J connectivity index is 2.12. The van der Waals surface area contributed by atoms with Crippen molar-refractivity contribution in [2.24, 2.45) is 0 Å². The van der Waals surface area contributed by atoms with Gasteiger partial charge in [0.1, 0.15) is 0 Å². The number of rotatable bonds is 4. The van der Waals surface area contributed by atoms with Crippen LogP contribution in [0.3, 0.4) is 0 Å². The maximum Gasteiger partial charge on any atom is 0.270 e. The molecule has 0 fully saturated rings. The molecule has 1 N–H and O–H groups in total. The number of nitrogens with one attached hydrogen (secondary N) is 1. The highest BCUT2D eigenvalue weighted by molar-refractivity contribution is 14.1. The number of hydrogen-bond acceptors (Lipinski definition) is 4. The molecule has 0 atom stereocenters. The van der Waals surface area contributed by atoms with Crippen molar-refractivity contribution in [2.75, 3.05) is 5.32 Å². The number of hydrogen-bond donors (Lipinski definition) is 1. The molecule has 98 valence electrons. The van der Waals surface area contributed by atoms with Gasteiger partial charge in [0.2, 0.25) is 0 Å². The molecule has 0 aliphatic heterocycles. The van der Waals surface area contributed by atoms with Crippen molar-refractivity contribution in [2.45, 2.75) is 13.5 Å². The quantitative estimate of drug-likeness (QED) is 0.509. The van der Waals surface area contributed by atoms with Gasteiger partial charge in [0.15, 0.2) is 0 Å². The van der Waals surface area contributed by atoms with Crippen LogP contribution in [-0.4, -0.2) is 9.91 Å². The molecule has 1 aromatic carbocycles. The van der Waals surface area contributed by atoms with E-state index in [4.69, 9.17) is 0 Å². The van der Waals surface area contributed by atoms with Gasteiger partial charge >= 0.3 is 0 Å². The molecule has 6 heteroatoms. The van der Waals surface area contributed by atoms with E-state index in [9.17, 15) is 10.1 Å². The topological polar surface area (TPSA) is 68.1 Å². The molecule has 5 nitrogen and oxygen atoms in total. The minimum Gasteiger partial charge on any atom is -0.380 e. The second-order valence-corrected chi connectivity index (χ2v) is 5.24. The number of anilines is 1. The fourth-order valence-corrected chi connectivity index (χ4v) is 2.32. The van der Waals surface area contributed by atoms with Gasteiger partial charge in [0, 0.05) is 40.3 Å². The third-order valence-corrected chi connectivity index (χ3v) is 3.67. The summed E-state index contributed by atoms with van der Waals surface area (Å²) in [4.78, 5) is 14.4. The number of non-ortho nitro benzene ring substituents is 1. The van der Waals surface area contributed by atoms with Crippen LogP contribution in [0.5, 0.6) is 0 Å². The lowest BCUT2D eigenvalue weighted by Gasteiger charge is -2.10. The Morgan fingerprint density at radius 1 is 1.42 bits per heavy atom. The minimum atomic E-state index is -0.392. The highest BCUT2D eigenvalue weighted by Gasteiger charge is 2.09. The molecule has 2 rings (SSSR count). The van der Waals surface area contributed by atoms with Crippen LogP contribution in [0, 0.1) is 20.6 Å². The summed E-state index contributed by atoms with van der Waals surface area (Å²) in [6.45, 7) is 2.67. The number of aromatic nitrogens is 1. The highest BCUT2D eigenvalue weighted by atomic mass is 127. The number of halogens is 1. The normalized spacial score (nSPS) is 10.2. The molecule has 19 heavy (non-hydrogen) atoms. The molecule has 0 unspecified atom stereocenters. The number of nitro benzene ring substituents is 1. The molecular weight excluding hydrogens is 357 g/mol. The summed E-state index contributed by atoms with van der Waals surface area (Å²) in [5.41, 5.74) is 3.26. The lowest BCUT2D eigenvalue weighted by molar-refractivity contribution is -0.384. The summed E-state index contributed by atoms with van der Waals surface area (Å²) in [6.07, 6.45) is 3.58. The molecule has 0 spiro atoms. The van der Waals surface area contributed by atoms with E-state index in [0.29, 0.717) is 6.54 Å². The van der Waals surface area contributed by atoms with Gasteiger partial charge in [0.05, 0.1) is 4.92 Å². The van der Waals surface area contributed by atoms with Crippen LogP contribution in [0.25, 0.3) is 0 Å². The molecule has 0 amide bonds. The van der Waals surface area contributed by atoms with E-state index in [1.807, 2.05) is 19.2 Å². The van der Waals surface area contributed by atoms with Crippen LogP contribution in [-0.2, 0) is 6.54 Å².